The quantitative estimate of drug-likeness (QED) is 0.740. The molecule has 114 valence electrons. The van der Waals surface area contributed by atoms with Crippen LogP contribution in [0.4, 0.5) is 0 Å². The molecule has 1 atom stereocenters. The molecule has 0 radical (unpaired) electrons. The van der Waals surface area contributed by atoms with Gasteiger partial charge in [-0.1, -0.05) is 17.7 Å². The van der Waals surface area contributed by atoms with Gasteiger partial charge in [0.05, 0.1) is 12.5 Å². The van der Waals surface area contributed by atoms with Crippen LogP contribution in [0, 0.1) is 6.92 Å². The van der Waals surface area contributed by atoms with E-state index in [-0.39, 0.29) is 30.5 Å². The molecule has 21 heavy (non-hydrogen) atoms. The topological polar surface area (TPSA) is 72.5 Å². The molecule has 0 aromatic heterocycles. The molecule has 5 nitrogen and oxygen atoms in total. The van der Waals surface area contributed by atoms with Gasteiger partial charge in [-0.25, -0.2) is 0 Å². The minimum absolute atomic E-state index is 0.0686. The minimum Gasteiger partial charge on any atom is -0.374 e. The van der Waals surface area contributed by atoms with E-state index in [1.807, 2.05) is 19.1 Å². The Balaban J connectivity index is 2.50. The van der Waals surface area contributed by atoms with Crippen LogP contribution in [0.2, 0.25) is 0 Å². The van der Waals surface area contributed by atoms with Crippen molar-refractivity contribution in [1.82, 2.24) is 5.32 Å². The molecular formula is C16H21NO4. The number of carbonyl (C=O) groups excluding carboxylic acids is 3. The zero-order valence-corrected chi connectivity index (χ0v) is 12.6. The number of hydrogen-bond acceptors (Lipinski definition) is 4. The van der Waals surface area contributed by atoms with Crippen LogP contribution in [-0.2, 0) is 14.3 Å². The molecule has 0 fully saturated rings. The van der Waals surface area contributed by atoms with Crippen LogP contribution in [0.3, 0.4) is 0 Å². The van der Waals surface area contributed by atoms with E-state index < -0.39 is 6.04 Å². The van der Waals surface area contributed by atoms with Crippen LogP contribution >= 0.6 is 0 Å². The number of ketones is 2. The highest BCUT2D eigenvalue weighted by atomic mass is 16.5. The van der Waals surface area contributed by atoms with Gasteiger partial charge in [-0.15, -0.1) is 0 Å². The van der Waals surface area contributed by atoms with Crippen molar-refractivity contribution in [3.63, 3.8) is 0 Å². The Morgan fingerprint density at radius 2 is 1.81 bits per heavy atom. The molecule has 1 aromatic rings. The van der Waals surface area contributed by atoms with Gasteiger partial charge in [0.2, 0.25) is 0 Å². The molecule has 1 rings (SSSR count). The second-order valence-electron chi connectivity index (χ2n) is 4.88. The van der Waals surface area contributed by atoms with Crippen LogP contribution in [0.5, 0.6) is 0 Å². The Morgan fingerprint density at radius 3 is 2.38 bits per heavy atom. The van der Waals surface area contributed by atoms with E-state index in [1.165, 1.54) is 0 Å². The van der Waals surface area contributed by atoms with Crippen LogP contribution in [0.15, 0.2) is 24.3 Å². The number of carbonyl (C=O) groups is 3. The molecule has 0 saturated carbocycles. The summed E-state index contributed by atoms with van der Waals surface area (Å²) >= 11 is 0. The monoisotopic (exact) mass is 291 g/mol. The maximum Gasteiger partial charge on any atom is 0.251 e. The first kappa shape index (κ1) is 17.0. The second-order valence-corrected chi connectivity index (χ2v) is 4.88. The van der Waals surface area contributed by atoms with Crippen molar-refractivity contribution >= 4 is 17.5 Å². The zero-order chi connectivity index (χ0) is 15.8. The fourth-order valence-electron chi connectivity index (χ4n) is 1.68. The summed E-state index contributed by atoms with van der Waals surface area (Å²) < 4.78 is 4.95. The van der Waals surface area contributed by atoms with Gasteiger partial charge in [-0.3, -0.25) is 14.4 Å². The summed E-state index contributed by atoms with van der Waals surface area (Å²) in [5, 5.41) is 2.60. The van der Waals surface area contributed by atoms with Crippen molar-refractivity contribution in [2.45, 2.75) is 33.2 Å². The highest BCUT2D eigenvalue weighted by Gasteiger charge is 2.19. The van der Waals surface area contributed by atoms with Crippen molar-refractivity contribution in [1.29, 1.82) is 0 Å². The molecule has 0 saturated heterocycles. The summed E-state index contributed by atoms with van der Waals surface area (Å²) in [5.41, 5.74) is 1.54. The number of Topliss-reactive ketones (excluding diaryl/α,β-unsaturated/α-hetero) is 2. The van der Waals surface area contributed by atoms with Crippen LogP contribution in [-0.4, -0.2) is 36.7 Å². The highest BCUT2D eigenvalue weighted by molar-refractivity contribution is 6.04. The first-order chi connectivity index (χ1) is 9.93. The molecule has 1 aromatic carbocycles. The van der Waals surface area contributed by atoms with Crippen molar-refractivity contribution in [2.75, 3.05) is 13.2 Å². The lowest BCUT2D eigenvalue weighted by Crippen LogP contribution is -2.39. The molecule has 0 spiro atoms. The molecule has 0 aliphatic rings. The van der Waals surface area contributed by atoms with E-state index in [1.54, 1.807) is 26.0 Å². The summed E-state index contributed by atoms with van der Waals surface area (Å²) in [6.07, 6.45) is -0.227. The number of amides is 1. The molecule has 0 aliphatic carbocycles. The average Bonchev–Trinajstić information content (AvgIpc) is 2.45. The summed E-state index contributed by atoms with van der Waals surface area (Å²) in [4.78, 5) is 35.3. The van der Waals surface area contributed by atoms with E-state index in [2.05, 4.69) is 5.32 Å². The maximum atomic E-state index is 12.0. The fraction of sp³-hybridized carbons (Fsp3) is 0.438. The van der Waals surface area contributed by atoms with E-state index in [0.717, 1.165) is 5.56 Å². The first-order valence-electron chi connectivity index (χ1n) is 6.93. The predicted octanol–water partition coefficient (Wildman–Crippen LogP) is 1.68. The molecule has 5 heteroatoms. The number of rotatable bonds is 8. The van der Waals surface area contributed by atoms with Crippen LogP contribution in [0.1, 0.15) is 36.2 Å². The lowest BCUT2D eigenvalue weighted by atomic mass is 10.1. The summed E-state index contributed by atoms with van der Waals surface area (Å²) in [6.45, 7) is 5.64. The average molecular weight is 291 g/mol. The lowest BCUT2D eigenvalue weighted by Gasteiger charge is -2.12. The predicted molar refractivity (Wildman–Crippen MR) is 79.2 cm³/mol. The molecule has 1 unspecified atom stereocenters. The third kappa shape index (κ3) is 5.87. The second kappa shape index (κ2) is 8.32. The number of hydrogen-bond donors (Lipinski definition) is 1. The standard InChI is InChI=1S/C16H21NO4/c1-4-21-10-14(18)9-15(19)12(3)17-16(20)13-7-5-11(2)6-8-13/h5-8,12H,4,9-10H2,1-3H3,(H,17,20). The molecule has 1 amide bonds. The third-order valence-electron chi connectivity index (χ3n) is 2.98. The van der Waals surface area contributed by atoms with E-state index in [9.17, 15) is 14.4 Å². The van der Waals surface area contributed by atoms with Crippen molar-refractivity contribution < 1.29 is 19.1 Å². The molecule has 0 bridgehead atoms. The summed E-state index contributed by atoms with van der Waals surface area (Å²) in [7, 11) is 0. The Morgan fingerprint density at radius 1 is 1.19 bits per heavy atom. The Kier molecular flexibility index (Phi) is 6.75. The van der Waals surface area contributed by atoms with Gasteiger partial charge in [-0.05, 0) is 32.9 Å². The van der Waals surface area contributed by atoms with Gasteiger partial charge in [0.15, 0.2) is 11.6 Å². The first-order valence-corrected chi connectivity index (χ1v) is 6.93. The largest absolute Gasteiger partial charge is 0.374 e. The van der Waals surface area contributed by atoms with Crippen LogP contribution < -0.4 is 5.32 Å². The normalized spacial score (nSPS) is 11.8. The number of ether oxygens (including phenoxy) is 1. The van der Waals surface area contributed by atoms with E-state index in [0.29, 0.717) is 12.2 Å². The maximum absolute atomic E-state index is 12.0. The van der Waals surface area contributed by atoms with Gasteiger partial charge >= 0.3 is 0 Å². The minimum atomic E-state index is -0.704. The van der Waals surface area contributed by atoms with Gasteiger partial charge in [-0.2, -0.15) is 0 Å². The van der Waals surface area contributed by atoms with Crippen LogP contribution in [0.25, 0.3) is 0 Å². The van der Waals surface area contributed by atoms with E-state index >= 15 is 0 Å². The molecule has 1 N–H and O–H groups in total. The van der Waals surface area contributed by atoms with Crippen molar-refractivity contribution in [3.8, 4) is 0 Å². The smallest absolute Gasteiger partial charge is 0.251 e. The third-order valence-corrected chi connectivity index (χ3v) is 2.98. The number of benzene rings is 1. The Labute approximate surface area is 124 Å². The Bertz CT molecular complexity index is 508. The molecular weight excluding hydrogens is 270 g/mol. The fourth-order valence-corrected chi connectivity index (χ4v) is 1.68. The van der Waals surface area contributed by atoms with Gasteiger partial charge < -0.3 is 10.1 Å². The SMILES string of the molecule is CCOCC(=O)CC(=O)C(C)NC(=O)c1ccc(C)cc1. The summed E-state index contributed by atoms with van der Waals surface area (Å²) in [6, 6.07) is 6.34. The van der Waals surface area contributed by atoms with Gasteiger partial charge in [0, 0.05) is 12.2 Å². The van der Waals surface area contributed by atoms with E-state index in [4.69, 9.17) is 4.74 Å². The Hall–Kier alpha value is -2.01. The highest BCUT2D eigenvalue weighted by Crippen LogP contribution is 2.04. The summed E-state index contributed by atoms with van der Waals surface area (Å²) in [5.74, 6) is -0.924. The lowest BCUT2D eigenvalue weighted by molar-refractivity contribution is -0.130. The molecule has 0 heterocycles. The van der Waals surface area contributed by atoms with Gasteiger partial charge in [0.25, 0.3) is 5.91 Å². The van der Waals surface area contributed by atoms with Gasteiger partial charge in [0.1, 0.15) is 6.61 Å². The van der Waals surface area contributed by atoms with Crippen molar-refractivity contribution in [2.24, 2.45) is 0 Å². The molecule has 0 aliphatic heterocycles. The van der Waals surface area contributed by atoms with Crippen molar-refractivity contribution in [3.05, 3.63) is 35.4 Å². The number of nitrogens with one attached hydrogen (secondary N) is 1. The zero-order valence-electron chi connectivity index (χ0n) is 12.6. The number of aryl methyl sites for hydroxylation is 1.